The van der Waals surface area contributed by atoms with Gasteiger partial charge in [0.15, 0.2) is 12.6 Å². The molecule has 67 heavy (non-hydrogen) atoms. The first-order valence-corrected chi connectivity index (χ1v) is 26.7. The Balaban J connectivity index is 1.82. The minimum atomic E-state index is -1.79. The Morgan fingerprint density at radius 1 is 0.537 bits per heavy atom. The third-order valence-electron chi connectivity index (χ3n) is 13.1. The van der Waals surface area contributed by atoms with Gasteiger partial charge in [0.25, 0.3) is 0 Å². The van der Waals surface area contributed by atoms with Gasteiger partial charge in [0.1, 0.15) is 48.8 Å². The van der Waals surface area contributed by atoms with E-state index in [-0.39, 0.29) is 18.9 Å². The van der Waals surface area contributed by atoms with E-state index in [1.807, 2.05) is 6.08 Å². The van der Waals surface area contributed by atoms with Crippen LogP contribution in [0.2, 0.25) is 0 Å². The molecule has 392 valence electrons. The van der Waals surface area contributed by atoms with Gasteiger partial charge in [-0.3, -0.25) is 4.79 Å². The molecule has 0 aromatic rings. The van der Waals surface area contributed by atoms with Crippen LogP contribution < -0.4 is 5.32 Å². The van der Waals surface area contributed by atoms with E-state index >= 15 is 0 Å². The highest BCUT2D eigenvalue weighted by Crippen LogP contribution is 2.30. The Kier molecular flexibility index (Phi) is 36.5. The molecule has 12 atom stereocenters. The summed E-state index contributed by atoms with van der Waals surface area (Å²) in [5.41, 5.74) is 0. The molecule has 2 heterocycles. The van der Waals surface area contributed by atoms with Crippen molar-refractivity contribution in [1.29, 1.82) is 0 Å². The highest BCUT2D eigenvalue weighted by atomic mass is 16.7. The van der Waals surface area contributed by atoms with Crippen LogP contribution >= 0.6 is 0 Å². The summed E-state index contributed by atoms with van der Waals surface area (Å²) >= 11 is 0. The number of amides is 1. The van der Waals surface area contributed by atoms with Crippen LogP contribution in [0, 0.1) is 0 Å². The van der Waals surface area contributed by atoms with Gasteiger partial charge in [-0.1, -0.05) is 179 Å². The van der Waals surface area contributed by atoms with Gasteiger partial charge in [0.05, 0.1) is 32.0 Å². The zero-order valence-corrected chi connectivity index (χ0v) is 41.6. The number of ether oxygens (including phenoxy) is 4. The first kappa shape index (κ1) is 61.3. The molecule has 0 spiro atoms. The number of aliphatic hydroxyl groups is 8. The zero-order chi connectivity index (χ0) is 48.9. The number of carbonyl (C=O) groups is 1. The van der Waals surface area contributed by atoms with E-state index in [1.54, 1.807) is 6.08 Å². The number of aliphatic hydroxyl groups excluding tert-OH is 8. The predicted octanol–water partition coefficient (Wildman–Crippen LogP) is 7.49. The van der Waals surface area contributed by atoms with E-state index in [4.69, 9.17) is 18.9 Å². The van der Waals surface area contributed by atoms with Crippen LogP contribution in [-0.2, 0) is 23.7 Å². The summed E-state index contributed by atoms with van der Waals surface area (Å²) in [7, 11) is 0. The highest BCUT2D eigenvalue weighted by molar-refractivity contribution is 5.76. The Hall–Kier alpha value is -1.79. The van der Waals surface area contributed by atoms with E-state index in [0.717, 1.165) is 51.4 Å². The fourth-order valence-electron chi connectivity index (χ4n) is 8.67. The molecule has 2 saturated heterocycles. The lowest BCUT2D eigenvalue weighted by atomic mass is 9.97. The van der Waals surface area contributed by atoms with Crippen molar-refractivity contribution in [3.63, 3.8) is 0 Å². The van der Waals surface area contributed by atoms with E-state index in [1.165, 1.54) is 122 Å². The summed E-state index contributed by atoms with van der Waals surface area (Å²) in [6, 6.07) is -0.915. The number of nitrogens with one attached hydrogen (secondary N) is 1. The minimum absolute atomic E-state index is 0.245. The largest absolute Gasteiger partial charge is 0.394 e. The molecule has 2 fully saturated rings. The lowest BCUT2D eigenvalue weighted by molar-refractivity contribution is -0.359. The summed E-state index contributed by atoms with van der Waals surface area (Å²) in [5.74, 6) is -0.245. The number of rotatable bonds is 41. The average Bonchev–Trinajstić information content (AvgIpc) is 3.32. The molecule has 0 saturated carbocycles. The van der Waals surface area contributed by atoms with Crippen LogP contribution in [-0.4, -0.2) is 140 Å². The number of hydrogen-bond donors (Lipinski definition) is 9. The van der Waals surface area contributed by atoms with Crippen molar-refractivity contribution >= 4 is 5.91 Å². The van der Waals surface area contributed by atoms with Gasteiger partial charge < -0.3 is 65.1 Å². The van der Waals surface area contributed by atoms with Crippen LogP contribution in [0.5, 0.6) is 0 Å². The molecule has 2 aliphatic heterocycles. The fourth-order valence-corrected chi connectivity index (χ4v) is 8.67. The van der Waals surface area contributed by atoms with Crippen LogP contribution in [0.1, 0.15) is 200 Å². The molecule has 0 aromatic heterocycles. The maximum Gasteiger partial charge on any atom is 0.220 e. The summed E-state index contributed by atoms with van der Waals surface area (Å²) < 4.78 is 22.7. The highest BCUT2D eigenvalue weighted by Gasteiger charge is 2.51. The maximum atomic E-state index is 13.2. The van der Waals surface area contributed by atoms with Crippen molar-refractivity contribution in [3.8, 4) is 0 Å². The normalized spacial score (nSPS) is 26.8. The summed E-state index contributed by atoms with van der Waals surface area (Å²) in [5, 5.41) is 86.8. The molecule has 14 nitrogen and oxygen atoms in total. The Labute approximate surface area is 404 Å². The van der Waals surface area contributed by atoms with E-state index in [2.05, 4.69) is 43.5 Å². The van der Waals surface area contributed by atoms with Crippen LogP contribution in [0.4, 0.5) is 0 Å². The quantitative estimate of drug-likeness (QED) is 0.0214. The van der Waals surface area contributed by atoms with Gasteiger partial charge in [-0.05, 0) is 51.4 Å². The van der Waals surface area contributed by atoms with Gasteiger partial charge in [0.2, 0.25) is 5.91 Å². The van der Waals surface area contributed by atoms with Crippen molar-refractivity contribution in [2.75, 3.05) is 19.8 Å². The second-order valence-electron chi connectivity index (χ2n) is 19.0. The van der Waals surface area contributed by atoms with Crippen molar-refractivity contribution in [2.24, 2.45) is 0 Å². The smallest absolute Gasteiger partial charge is 0.220 e. The van der Waals surface area contributed by atoms with Gasteiger partial charge in [0, 0.05) is 6.42 Å². The molecular formula is C53H97NO13. The average molecular weight is 956 g/mol. The summed E-state index contributed by atoms with van der Waals surface area (Å²) in [4.78, 5) is 13.2. The monoisotopic (exact) mass is 956 g/mol. The third kappa shape index (κ3) is 26.8. The first-order chi connectivity index (χ1) is 32.6. The van der Waals surface area contributed by atoms with Gasteiger partial charge in [-0.2, -0.15) is 0 Å². The van der Waals surface area contributed by atoms with E-state index in [9.17, 15) is 45.6 Å². The van der Waals surface area contributed by atoms with Crippen molar-refractivity contribution in [3.05, 3.63) is 36.5 Å². The topological polar surface area (TPSA) is 228 Å². The molecule has 2 aliphatic rings. The molecule has 14 heteroatoms. The number of hydrogen-bond acceptors (Lipinski definition) is 13. The van der Waals surface area contributed by atoms with Crippen molar-refractivity contribution < 1.29 is 64.6 Å². The second kappa shape index (κ2) is 39.9. The lowest BCUT2D eigenvalue weighted by Gasteiger charge is -2.46. The van der Waals surface area contributed by atoms with E-state index < -0.39 is 86.8 Å². The minimum Gasteiger partial charge on any atom is -0.394 e. The molecule has 0 bridgehead atoms. The molecule has 9 N–H and O–H groups in total. The zero-order valence-electron chi connectivity index (χ0n) is 41.6. The van der Waals surface area contributed by atoms with E-state index in [0.29, 0.717) is 6.42 Å². The Morgan fingerprint density at radius 3 is 1.52 bits per heavy atom. The number of allylic oxidation sites excluding steroid dienone is 5. The standard InChI is InChI=1S/C53H97NO13/c1-3-5-7-9-11-13-15-17-19-20-21-22-23-25-27-29-31-33-35-37-45(58)54-41(42(57)36-34-32-30-28-26-24-18-16-14-12-10-8-6-4-2)40-64-52-50(63)48(61)51(44(39-56)66-52)67-53-49(62)47(60)46(59)43(38-55)65-53/h11,13,17,19,34,36,41-44,46-53,55-57,59-63H,3-10,12,14-16,18,20-33,35,37-40H2,1-2H3,(H,54,58)/b13-11-,19-17-,36-34+. The van der Waals surface area contributed by atoms with Gasteiger partial charge in [-0.25, -0.2) is 0 Å². The van der Waals surface area contributed by atoms with Gasteiger partial charge in [-0.15, -0.1) is 0 Å². The lowest BCUT2D eigenvalue weighted by Crippen LogP contribution is -2.65. The van der Waals surface area contributed by atoms with Gasteiger partial charge >= 0.3 is 0 Å². The number of carbonyl (C=O) groups excluding carboxylic acids is 1. The fraction of sp³-hybridized carbons (Fsp3) is 0.868. The Morgan fingerprint density at radius 2 is 0.985 bits per heavy atom. The third-order valence-corrected chi connectivity index (χ3v) is 13.1. The summed E-state index contributed by atoms with van der Waals surface area (Å²) in [6.07, 6.45) is 28.9. The second-order valence-corrected chi connectivity index (χ2v) is 19.0. The van der Waals surface area contributed by atoms with Crippen LogP contribution in [0.15, 0.2) is 36.5 Å². The Bertz CT molecular complexity index is 1270. The molecular weight excluding hydrogens is 859 g/mol. The molecule has 1 amide bonds. The maximum absolute atomic E-state index is 13.2. The molecule has 12 unspecified atom stereocenters. The van der Waals surface area contributed by atoms with Crippen molar-refractivity contribution in [1.82, 2.24) is 5.32 Å². The molecule has 0 aromatic carbocycles. The van der Waals surface area contributed by atoms with Crippen LogP contribution in [0.3, 0.4) is 0 Å². The molecule has 2 rings (SSSR count). The first-order valence-electron chi connectivity index (χ1n) is 26.7. The molecule has 0 aliphatic carbocycles. The predicted molar refractivity (Wildman–Crippen MR) is 263 cm³/mol. The molecule has 0 radical (unpaired) electrons. The number of unbranched alkanes of at least 4 members (excludes halogenated alkanes) is 24. The summed E-state index contributed by atoms with van der Waals surface area (Å²) in [6.45, 7) is 2.76. The van der Waals surface area contributed by atoms with Crippen molar-refractivity contribution in [2.45, 2.75) is 274 Å². The van der Waals surface area contributed by atoms with Crippen LogP contribution in [0.25, 0.3) is 0 Å². The SMILES string of the molecule is CCCCC/C=C\C/C=C\CCCCCCCCCCCC(=O)NC(COC1OC(CO)C(OC2OC(CO)C(O)C(O)C2O)C(O)C1O)C(O)/C=C/CCCCCCCCCCCCCC.